The second-order valence-corrected chi connectivity index (χ2v) is 5.16. The van der Waals surface area contributed by atoms with E-state index in [1.165, 1.54) is 0 Å². The Morgan fingerprint density at radius 2 is 2.06 bits per heavy atom. The maximum Gasteiger partial charge on any atom is 0.254 e. The van der Waals surface area contributed by atoms with Crippen molar-refractivity contribution in [2.45, 2.75) is 39.2 Å². The number of amides is 1. The summed E-state index contributed by atoms with van der Waals surface area (Å²) in [7, 11) is 0. The van der Waals surface area contributed by atoms with Crippen LogP contribution in [0.3, 0.4) is 0 Å². The van der Waals surface area contributed by atoms with E-state index in [0.29, 0.717) is 23.0 Å². The third-order valence-electron chi connectivity index (χ3n) is 3.13. The van der Waals surface area contributed by atoms with Crippen molar-refractivity contribution in [2.24, 2.45) is 0 Å². The van der Waals surface area contributed by atoms with Crippen LogP contribution in [0.2, 0.25) is 0 Å². The quantitative estimate of drug-likeness (QED) is 0.820. The Morgan fingerprint density at radius 1 is 1.44 bits per heavy atom. The van der Waals surface area contributed by atoms with Gasteiger partial charge in [0.1, 0.15) is 4.60 Å². The van der Waals surface area contributed by atoms with Crippen LogP contribution >= 0.6 is 15.9 Å². The van der Waals surface area contributed by atoms with Crippen molar-refractivity contribution in [3.63, 3.8) is 0 Å². The predicted molar refractivity (Wildman–Crippen MR) is 74.5 cm³/mol. The van der Waals surface area contributed by atoms with E-state index in [2.05, 4.69) is 26.2 Å². The molecule has 1 amide bonds. The second-order valence-electron chi connectivity index (χ2n) is 4.41. The standard InChI is InChI=1S/C13H19BrN2O2/c1-4-13(18,5-2)8-15-12(17)10-7-6-9(3)16-11(10)14/h6-7,18H,4-5,8H2,1-3H3,(H,15,17). The fourth-order valence-electron chi connectivity index (χ4n) is 1.53. The average Bonchev–Trinajstić information content (AvgIpc) is 2.35. The van der Waals surface area contributed by atoms with Gasteiger partial charge >= 0.3 is 0 Å². The van der Waals surface area contributed by atoms with Crippen LogP contribution < -0.4 is 5.32 Å². The number of nitrogens with one attached hydrogen (secondary N) is 1. The first kappa shape index (κ1) is 15.1. The SMILES string of the molecule is CCC(O)(CC)CNC(=O)c1ccc(C)nc1Br. The topological polar surface area (TPSA) is 62.2 Å². The van der Waals surface area contributed by atoms with Crippen molar-refractivity contribution in [1.82, 2.24) is 10.3 Å². The lowest BCUT2D eigenvalue weighted by Gasteiger charge is -2.25. The van der Waals surface area contributed by atoms with E-state index >= 15 is 0 Å². The number of nitrogens with zero attached hydrogens (tertiary/aromatic N) is 1. The molecule has 0 saturated heterocycles. The highest BCUT2D eigenvalue weighted by Crippen LogP contribution is 2.16. The maximum atomic E-state index is 12.0. The van der Waals surface area contributed by atoms with Crippen molar-refractivity contribution in [3.05, 3.63) is 28.0 Å². The molecule has 0 aliphatic rings. The number of hydrogen-bond acceptors (Lipinski definition) is 3. The highest BCUT2D eigenvalue weighted by molar-refractivity contribution is 9.10. The summed E-state index contributed by atoms with van der Waals surface area (Å²) in [5.41, 5.74) is 0.493. The summed E-state index contributed by atoms with van der Waals surface area (Å²) in [6.45, 7) is 5.91. The van der Waals surface area contributed by atoms with Gasteiger partial charge < -0.3 is 10.4 Å². The van der Waals surface area contributed by atoms with Crippen molar-refractivity contribution < 1.29 is 9.90 Å². The molecule has 2 N–H and O–H groups in total. The third kappa shape index (κ3) is 3.78. The minimum atomic E-state index is -0.833. The van der Waals surface area contributed by atoms with Crippen LogP contribution in [0.25, 0.3) is 0 Å². The Bertz CT molecular complexity index is 431. The highest BCUT2D eigenvalue weighted by Gasteiger charge is 2.23. The van der Waals surface area contributed by atoms with Crippen molar-refractivity contribution in [1.29, 1.82) is 0 Å². The molecule has 0 unspecified atom stereocenters. The van der Waals surface area contributed by atoms with Crippen molar-refractivity contribution in [2.75, 3.05) is 6.54 Å². The molecule has 100 valence electrons. The van der Waals surface area contributed by atoms with Gasteiger partial charge in [-0.3, -0.25) is 4.79 Å². The lowest BCUT2D eigenvalue weighted by atomic mass is 9.97. The maximum absolute atomic E-state index is 12.0. The number of aryl methyl sites for hydroxylation is 1. The summed E-state index contributed by atoms with van der Waals surface area (Å²) >= 11 is 3.27. The van der Waals surface area contributed by atoms with Gasteiger partial charge in [0.25, 0.3) is 5.91 Å². The molecule has 0 aliphatic carbocycles. The van der Waals surface area contributed by atoms with Crippen molar-refractivity contribution >= 4 is 21.8 Å². The number of aromatic nitrogens is 1. The van der Waals surface area contributed by atoms with Crippen LogP contribution in [0.5, 0.6) is 0 Å². The zero-order valence-corrected chi connectivity index (χ0v) is 12.5. The Hall–Kier alpha value is -0.940. The molecule has 1 aromatic rings. The molecule has 18 heavy (non-hydrogen) atoms. The molecule has 0 radical (unpaired) electrons. The molecule has 0 saturated carbocycles. The molecule has 0 aromatic carbocycles. The smallest absolute Gasteiger partial charge is 0.254 e. The first-order valence-electron chi connectivity index (χ1n) is 6.05. The second kappa shape index (κ2) is 6.29. The first-order chi connectivity index (χ1) is 8.41. The largest absolute Gasteiger partial charge is 0.388 e. The minimum absolute atomic E-state index is 0.227. The fraction of sp³-hybridized carbons (Fsp3) is 0.538. The van der Waals surface area contributed by atoms with Crippen LogP contribution in [-0.4, -0.2) is 28.1 Å². The number of aliphatic hydroxyl groups is 1. The highest BCUT2D eigenvalue weighted by atomic mass is 79.9. The van der Waals surface area contributed by atoms with E-state index < -0.39 is 5.60 Å². The molecule has 0 spiro atoms. The Morgan fingerprint density at radius 3 is 2.56 bits per heavy atom. The van der Waals surface area contributed by atoms with Crippen molar-refractivity contribution in [3.8, 4) is 0 Å². The molecule has 1 heterocycles. The monoisotopic (exact) mass is 314 g/mol. The van der Waals surface area contributed by atoms with E-state index in [9.17, 15) is 9.90 Å². The summed E-state index contributed by atoms with van der Waals surface area (Å²) in [5.74, 6) is -0.227. The lowest BCUT2D eigenvalue weighted by molar-refractivity contribution is 0.0314. The van der Waals surface area contributed by atoms with Gasteiger partial charge in [0.05, 0.1) is 11.2 Å². The number of carbonyl (C=O) groups is 1. The van der Waals surface area contributed by atoms with E-state index in [-0.39, 0.29) is 12.5 Å². The number of rotatable bonds is 5. The summed E-state index contributed by atoms with van der Waals surface area (Å²) in [6, 6.07) is 3.50. The Kier molecular flexibility index (Phi) is 5.28. The average molecular weight is 315 g/mol. The summed E-state index contributed by atoms with van der Waals surface area (Å²) in [5, 5.41) is 12.8. The number of halogens is 1. The fourth-order valence-corrected chi connectivity index (χ4v) is 2.13. The van der Waals surface area contributed by atoms with Gasteiger partial charge in [0.2, 0.25) is 0 Å². The Labute approximate surface area is 116 Å². The van der Waals surface area contributed by atoms with Gasteiger partial charge in [-0.2, -0.15) is 0 Å². The molecular weight excluding hydrogens is 296 g/mol. The van der Waals surface area contributed by atoms with Crippen LogP contribution in [0, 0.1) is 6.92 Å². The van der Waals surface area contributed by atoms with Crippen LogP contribution in [0.1, 0.15) is 42.7 Å². The molecule has 5 heteroatoms. The zero-order valence-electron chi connectivity index (χ0n) is 11.0. The first-order valence-corrected chi connectivity index (χ1v) is 6.85. The van der Waals surface area contributed by atoms with Gasteiger partial charge in [0, 0.05) is 12.2 Å². The summed E-state index contributed by atoms with van der Waals surface area (Å²) in [6.07, 6.45) is 1.22. The van der Waals surface area contributed by atoms with Crippen LogP contribution in [-0.2, 0) is 0 Å². The summed E-state index contributed by atoms with van der Waals surface area (Å²) < 4.78 is 0.525. The molecule has 0 bridgehead atoms. The minimum Gasteiger partial charge on any atom is -0.388 e. The van der Waals surface area contributed by atoms with Gasteiger partial charge in [-0.1, -0.05) is 13.8 Å². The zero-order chi connectivity index (χ0) is 13.8. The van der Waals surface area contributed by atoms with Gasteiger partial charge in [-0.25, -0.2) is 4.98 Å². The molecule has 4 nitrogen and oxygen atoms in total. The van der Waals surface area contributed by atoms with E-state index in [1.54, 1.807) is 12.1 Å². The van der Waals surface area contributed by atoms with E-state index in [0.717, 1.165) is 5.69 Å². The molecule has 0 atom stereocenters. The number of hydrogen-bond donors (Lipinski definition) is 2. The number of pyridine rings is 1. The van der Waals surface area contributed by atoms with Gasteiger partial charge in [-0.05, 0) is 47.8 Å². The van der Waals surface area contributed by atoms with E-state index in [4.69, 9.17) is 0 Å². The molecule has 1 rings (SSSR count). The van der Waals surface area contributed by atoms with E-state index in [1.807, 2.05) is 20.8 Å². The molecule has 1 aromatic heterocycles. The molecule has 0 fully saturated rings. The Balaban J connectivity index is 2.71. The molecular formula is C13H19BrN2O2. The van der Waals surface area contributed by atoms with Gasteiger partial charge in [-0.15, -0.1) is 0 Å². The number of carbonyl (C=O) groups excluding carboxylic acids is 1. The molecule has 0 aliphatic heterocycles. The predicted octanol–water partition coefficient (Wildman–Crippen LogP) is 2.43. The lowest BCUT2D eigenvalue weighted by Crippen LogP contribution is -2.42. The normalized spacial score (nSPS) is 11.4. The summed E-state index contributed by atoms with van der Waals surface area (Å²) in [4.78, 5) is 16.1. The van der Waals surface area contributed by atoms with Gasteiger partial charge in [0.15, 0.2) is 0 Å². The van der Waals surface area contributed by atoms with Crippen LogP contribution in [0.15, 0.2) is 16.7 Å². The van der Waals surface area contributed by atoms with Crippen LogP contribution in [0.4, 0.5) is 0 Å². The third-order valence-corrected chi connectivity index (χ3v) is 3.73.